The molecule has 5 heterocycles. The third kappa shape index (κ3) is 8.34. The molecule has 1 amide bonds. The number of rotatable bonds is 15. The average molecular weight is 909 g/mol. The van der Waals surface area contributed by atoms with Crippen LogP contribution in [0, 0.1) is 23.2 Å². The molecule has 0 radical (unpaired) electrons. The maximum absolute atomic E-state index is 13.7. The SMILES string of the molecule is Cc1c(-c2ccc(N3CCc4cccc(C(=O)Nc5nc6ccccc6s5)c4C3)nc2C(=O)O)cnn1CC12CC3(C)CC(C)(C1)CC(OCCN(CCS(=O)(=O)O)C1CNC1)(C3)C2. The zero-order valence-electron chi connectivity index (χ0n) is 36.6. The van der Waals surface area contributed by atoms with Crippen molar-refractivity contribution in [3.8, 4) is 11.1 Å². The molecule has 5 fully saturated rings. The van der Waals surface area contributed by atoms with Crippen molar-refractivity contribution < 1.29 is 32.4 Å². The number of nitrogens with zero attached hydrogens (tertiary/aromatic N) is 6. The molecule has 4 aliphatic carbocycles. The number of hydrogen-bond donors (Lipinski definition) is 4. The molecule has 1 saturated heterocycles. The molecule has 0 spiro atoms. The largest absolute Gasteiger partial charge is 0.476 e. The van der Waals surface area contributed by atoms with E-state index in [-0.39, 0.29) is 51.8 Å². The molecule has 6 aliphatic rings. The van der Waals surface area contributed by atoms with Gasteiger partial charge in [0.05, 0.1) is 34.4 Å². The number of thiazole rings is 1. The van der Waals surface area contributed by atoms with Gasteiger partial charge in [-0.25, -0.2) is 14.8 Å². The van der Waals surface area contributed by atoms with Gasteiger partial charge in [0.2, 0.25) is 0 Å². The Hall–Kier alpha value is -4.78. The molecule has 17 heteroatoms. The molecule has 4 N–H and O–H groups in total. The number of benzene rings is 2. The summed E-state index contributed by atoms with van der Waals surface area (Å²) >= 11 is 1.43. The summed E-state index contributed by atoms with van der Waals surface area (Å²) in [6.07, 6.45) is 8.58. The summed E-state index contributed by atoms with van der Waals surface area (Å²) in [6, 6.07) is 17.5. The molecule has 3 aromatic heterocycles. The molecule has 4 saturated carbocycles. The number of anilines is 2. The van der Waals surface area contributed by atoms with Crippen LogP contribution in [0.4, 0.5) is 10.9 Å². The predicted molar refractivity (Wildman–Crippen MR) is 246 cm³/mol. The minimum absolute atomic E-state index is 0.0432. The van der Waals surface area contributed by atoms with E-state index in [1.807, 2.05) is 66.4 Å². The molecular formula is C47H56N8O7S2. The number of nitrogens with one attached hydrogen (secondary N) is 2. The van der Waals surface area contributed by atoms with Gasteiger partial charge in [0.15, 0.2) is 10.8 Å². The van der Waals surface area contributed by atoms with Crippen LogP contribution in [0.2, 0.25) is 0 Å². The standard InChI is InChI=1S/C47H56N8O7S2/c1-30-35(21-49-55(30)29-46-24-44(2)23-45(3,25-46)27-47(26-44,28-46)62-17-15-53(32-19-48-20-32)16-18-64(59,60)61)33-11-12-39(51-40(33)42(57)58)54-14-13-31-7-6-8-34(36(31)22-54)41(56)52-43-50-37-9-4-5-10-38(37)63-43/h4-12,21,32,48H,13-20,22-29H2,1-3H3,(H,57,58)(H,50,52,56)(H,59,60,61). The van der Waals surface area contributed by atoms with E-state index in [0.717, 1.165) is 84.2 Å². The number of fused-ring (bicyclic) bond motifs is 2. The summed E-state index contributed by atoms with van der Waals surface area (Å²) in [5.41, 5.74) is 5.27. The second-order valence-corrected chi connectivity index (χ2v) is 22.7. The number of amides is 1. The summed E-state index contributed by atoms with van der Waals surface area (Å²) in [5, 5.41) is 22.3. The summed E-state index contributed by atoms with van der Waals surface area (Å²) < 4.78 is 42.7. The predicted octanol–water partition coefficient (Wildman–Crippen LogP) is 6.67. The first-order chi connectivity index (χ1) is 30.5. The number of carboxylic acids is 1. The monoisotopic (exact) mass is 908 g/mol. The lowest BCUT2D eigenvalue weighted by Crippen LogP contribution is -2.65. The number of carbonyl (C=O) groups is 2. The molecule has 11 rings (SSSR count). The van der Waals surface area contributed by atoms with Gasteiger partial charge in [-0.3, -0.25) is 24.2 Å². The highest BCUT2D eigenvalue weighted by molar-refractivity contribution is 7.85. The van der Waals surface area contributed by atoms with Gasteiger partial charge >= 0.3 is 5.97 Å². The average Bonchev–Trinajstić information content (AvgIpc) is 3.78. The van der Waals surface area contributed by atoms with Gasteiger partial charge in [-0.2, -0.15) is 13.5 Å². The van der Waals surface area contributed by atoms with Crippen LogP contribution in [0.5, 0.6) is 0 Å². The molecule has 64 heavy (non-hydrogen) atoms. The van der Waals surface area contributed by atoms with Gasteiger partial charge in [-0.15, -0.1) is 0 Å². The number of para-hydroxylation sites is 1. The topological polar surface area (TPSA) is 192 Å². The second kappa shape index (κ2) is 16.0. The Morgan fingerprint density at radius 3 is 2.47 bits per heavy atom. The van der Waals surface area contributed by atoms with Crippen LogP contribution >= 0.6 is 11.3 Å². The molecular weight excluding hydrogens is 853 g/mol. The Balaban J connectivity index is 0.861. The van der Waals surface area contributed by atoms with E-state index in [0.29, 0.717) is 61.3 Å². The molecule has 2 aliphatic heterocycles. The van der Waals surface area contributed by atoms with E-state index in [1.54, 1.807) is 6.20 Å². The van der Waals surface area contributed by atoms with Gasteiger partial charge in [0.1, 0.15) is 5.82 Å². The number of pyridine rings is 1. The Bertz CT molecular complexity index is 2720. The van der Waals surface area contributed by atoms with Gasteiger partial charge in [0, 0.05) is 74.2 Å². The van der Waals surface area contributed by atoms with Gasteiger partial charge in [-0.1, -0.05) is 49.4 Å². The fourth-order valence-corrected chi connectivity index (χ4v) is 14.4. The van der Waals surface area contributed by atoms with Gasteiger partial charge in [-0.05, 0) is 110 Å². The van der Waals surface area contributed by atoms with Crippen LogP contribution in [-0.4, -0.2) is 111 Å². The number of aromatic carboxylic acids is 1. The lowest BCUT2D eigenvalue weighted by molar-refractivity contribution is -0.249. The van der Waals surface area contributed by atoms with Crippen molar-refractivity contribution in [1.82, 2.24) is 30.0 Å². The van der Waals surface area contributed by atoms with Gasteiger partial charge in [0.25, 0.3) is 16.0 Å². The number of ether oxygens (including phenoxy) is 1. The second-order valence-electron chi connectivity index (χ2n) is 20.1. The summed E-state index contributed by atoms with van der Waals surface area (Å²) in [4.78, 5) is 40.2. The van der Waals surface area contributed by atoms with E-state index >= 15 is 0 Å². The van der Waals surface area contributed by atoms with Crippen LogP contribution in [-0.2, 0) is 34.4 Å². The molecule has 15 nitrogen and oxygen atoms in total. The van der Waals surface area contributed by atoms with Crippen molar-refractivity contribution in [1.29, 1.82) is 0 Å². The van der Waals surface area contributed by atoms with Crippen molar-refractivity contribution in [2.24, 2.45) is 16.2 Å². The van der Waals surface area contributed by atoms with Crippen molar-refractivity contribution in [3.05, 3.63) is 88.9 Å². The number of aromatic nitrogens is 4. The van der Waals surface area contributed by atoms with E-state index in [1.165, 1.54) is 11.3 Å². The fraction of sp³-hybridized carbons (Fsp3) is 0.511. The zero-order valence-corrected chi connectivity index (χ0v) is 38.2. The molecule has 2 atom stereocenters. The third-order valence-electron chi connectivity index (χ3n) is 14.7. The van der Waals surface area contributed by atoms with E-state index in [2.05, 4.69) is 39.0 Å². The first-order valence-electron chi connectivity index (χ1n) is 22.3. The molecule has 4 bridgehead atoms. The Morgan fingerprint density at radius 2 is 1.75 bits per heavy atom. The molecule has 338 valence electrons. The van der Waals surface area contributed by atoms with E-state index in [9.17, 15) is 27.7 Å². The summed E-state index contributed by atoms with van der Waals surface area (Å²) in [7, 11) is -4.07. The fourth-order valence-electron chi connectivity index (χ4n) is 13.0. The zero-order chi connectivity index (χ0) is 44.6. The summed E-state index contributed by atoms with van der Waals surface area (Å²) in [6.45, 7) is 11.5. The Kier molecular flexibility index (Phi) is 10.8. The number of hydrogen-bond acceptors (Lipinski definition) is 12. The molecule has 5 aromatic rings. The first kappa shape index (κ1) is 43.1. The van der Waals surface area contributed by atoms with Crippen molar-refractivity contribution in [2.45, 2.75) is 90.4 Å². The van der Waals surface area contributed by atoms with Crippen LogP contribution < -0.4 is 15.5 Å². The minimum Gasteiger partial charge on any atom is -0.476 e. The molecule has 2 unspecified atom stereocenters. The van der Waals surface area contributed by atoms with Crippen LogP contribution in [0.25, 0.3) is 21.3 Å². The maximum Gasteiger partial charge on any atom is 0.355 e. The van der Waals surface area contributed by atoms with Crippen molar-refractivity contribution in [2.75, 3.05) is 55.3 Å². The lowest BCUT2D eigenvalue weighted by atomic mass is 9.39. The Morgan fingerprint density at radius 1 is 0.969 bits per heavy atom. The van der Waals surface area contributed by atoms with Gasteiger partial charge < -0.3 is 20.1 Å². The lowest BCUT2D eigenvalue weighted by Gasteiger charge is -2.69. The minimum atomic E-state index is -4.07. The number of carboxylic acid groups (broad SMARTS) is 1. The smallest absolute Gasteiger partial charge is 0.355 e. The highest BCUT2D eigenvalue weighted by Crippen LogP contribution is 2.72. The third-order valence-corrected chi connectivity index (χ3v) is 16.3. The van der Waals surface area contributed by atoms with Crippen molar-refractivity contribution >= 4 is 54.5 Å². The maximum atomic E-state index is 13.7. The molecule has 2 aromatic carbocycles. The van der Waals surface area contributed by atoms with Crippen LogP contribution in [0.15, 0.2) is 60.8 Å². The van der Waals surface area contributed by atoms with Crippen LogP contribution in [0.1, 0.15) is 90.0 Å². The number of carbonyl (C=O) groups excluding carboxylic acids is 1. The van der Waals surface area contributed by atoms with E-state index < -0.39 is 16.1 Å². The quantitative estimate of drug-likeness (QED) is 0.0815. The van der Waals surface area contributed by atoms with Crippen molar-refractivity contribution in [3.63, 3.8) is 0 Å². The van der Waals surface area contributed by atoms with E-state index in [4.69, 9.17) is 14.8 Å². The highest BCUT2D eigenvalue weighted by Gasteiger charge is 2.66. The summed E-state index contributed by atoms with van der Waals surface area (Å²) in [5.74, 6) is -1.12. The Labute approximate surface area is 377 Å². The normalized spacial score (nSPS) is 26.4. The highest BCUT2D eigenvalue weighted by atomic mass is 32.2. The van der Waals surface area contributed by atoms with Crippen LogP contribution in [0.3, 0.4) is 0 Å². The first-order valence-corrected chi connectivity index (χ1v) is 24.7.